The van der Waals surface area contributed by atoms with Gasteiger partial charge < -0.3 is 14.2 Å². The van der Waals surface area contributed by atoms with E-state index in [9.17, 15) is 13.2 Å². The normalized spacial score (nSPS) is 11.1. The zero-order valence-corrected chi connectivity index (χ0v) is 14.6. The molecule has 0 saturated carbocycles. The molecular weight excluding hydrogens is 385 g/mol. The SMILES string of the molecule is COc1nc(Cl)cc(Oc2ccc(Oc3ccc(C(F)(F)F)cc3)cc2)n1. The predicted octanol–water partition coefficient (Wildman–Crippen LogP) is 5.74. The summed E-state index contributed by atoms with van der Waals surface area (Å²) in [6.07, 6.45) is -4.38. The Bertz CT molecular complexity index is 917. The average Bonchev–Trinajstić information content (AvgIpc) is 2.62. The molecular formula is C18H12ClF3N2O3. The summed E-state index contributed by atoms with van der Waals surface area (Å²) in [5.41, 5.74) is -0.738. The number of hydrogen-bond acceptors (Lipinski definition) is 5. The van der Waals surface area contributed by atoms with Crippen molar-refractivity contribution in [3.05, 3.63) is 65.3 Å². The summed E-state index contributed by atoms with van der Waals surface area (Å²) in [4.78, 5) is 7.84. The van der Waals surface area contributed by atoms with E-state index < -0.39 is 11.7 Å². The molecule has 0 spiro atoms. The second-order valence-corrected chi connectivity index (χ2v) is 5.60. The molecule has 0 saturated heterocycles. The van der Waals surface area contributed by atoms with Crippen molar-refractivity contribution in [1.82, 2.24) is 9.97 Å². The lowest BCUT2D eigenvalue weighted by atomic mass is 10.2. The molecule has 0 aliphatic rings. The zero-order valence-electron chi connectivity index (χ0n) is 13.8. The molecule has 0 fully saturated rings. The highest BCUT2D eigenvalue weighted by Gasteiger charge is 2.30. The molecule has 1 aromatic heterocycles. The maximum atomic E-state index is 12.6. The van der Waals surface area contributed by atoms with Crippen molar-refractivity contribution >= 4 is 11.6 Å². The van der Waals surface area contributed by atoms with E-state index in [1.807, 2.05) is 0 Å². The maximum absolute atomic E-state index is 12.6. The van der Waals surface area contributed by atoms with E-state index in [-0.39, 0.29) is 22.8 Å². The fourth-order valence-electron chi connectivity index (χ4n) is 2.07. The standard InChI is InChI=1S/C18H12ClF3N2O3/c1-25-17-23-15(19)10-16(24-17)27-14-8-6-13(7-9-14)26-12-4-2-11(3-5-12)18(20,21)22/h2-10H,1H3. The monoisotopic (exact) mass is 396 g/mol. The molecule has 0 atom stereocenters. The molecule has 9 heteroatoms. The van der Waals surface area contributed by atoms with E-state index in [4.69, 9.17) is 25.8 Å². The number of methoxy groups -OCH3 is 1. The van der Waals surface area contributed by atoms with Crippen molar-refractivity contribution in [2.45, 2.75) is 6.18 Å². The molecule has 140 valence electrons. The topological polar surface area (TPSA) is 53.5 Å². The minimum Gasteiger partial charge on any atom is -0.467 e. The third-order valence-corrected chi connectivity index (χ3v) is 3.49. The Morgan fingerprint density at radius 2 is 1.33 bits per heavy atom. The van der Waals surface area contributed by atoms with Crippen LogP contribution in [-0.4, -0.2) is 17.1 Å². The van der Waals surface area contributed by atoms with Gasteiger partial charge in [0.15, 0.2) is 0 Å². The van der Waals surface area contributed by atoms with Crippen molar-refractivity contribution in [3.8, 4) is 29.1 Å². The van der Waals surface area contributed by atoms with Gasteiger partial charge in [-0.05, 0) is 48.5 Å². The second-order valence-electron chi connectivity index (χ2n) is 5.21. The Balaban J connectivity index is 1.68. The van der Waals surface area contributed by atoms with E-state index in [0.717, 1.165) is 12.1 Å². The number of ether oxygens (including phenoxy) is 3. The number of alkyl halides is 3. The van der Waals surface area contributed by atoms with Crippen LogP contribution in [0.3, 0.4) is 0 Å². The van der Waals surface area contributed by atoms with Crippen molar-refractivity contribution < 1.29 is 27.4 Å². The highest BCUT2D eigenvalue weighted by atomic mass is 35.5. The Hall–Kier alpha value is -3.00. The van der Waals surface area contributed by atoms with Gasteiger partial charge in [0.1, 0.15) is 22.4 Å². The van der Waals surface area contributed by atoms with Crippen LogP contribution in [0.4, 0.5) is 13.2 Å². The lowest BCUT2D eigenvalue weighted by Gasteiger charge is -2.10. The second kappa shape index (κ2) is 7.71. The van der Waals surface area contributed by atoms with Gasteiger partial charge in [-0.2, -0.15) is 23.1 Å². The smallest absolute Gasteiger partial charge is 0.416 e. The molecule has 0 unspecified atom stereocenters. The van der Waals surface area contributed by atoms with Gasteiger partial charge in [0, 0.05) is 6.07 Å². The summed E-state index contributed by atoms with van der Waals surface area (Å²) < 4.78 is 53.7. The molecule has 3 rings (SSSR count). The van der Waals surface area contributed by atoms with Crippen LogP contribution < -0.4 is 14.2 Å². The van der Waals surface area contributed by atoms with Crippen LogP contribution in [0, 0.1) is 0 Å². The Labute approximate surface area is 157 Å². The summed E-state index contributed by atoms with van der Waals surface area (Å²) in [7, 11) is 1.41. The van der Waals surface area contributed by atoms with Gasteiger partial charge in [0.2, 0.25) is 5.88 Å². The number of aromatic nitrogens is 2. The first kappa shape index (κ1) is 18.8. The Morgan fingerprint density at radius 3 is 1.85 bits per heavy atom. The zero-order chi connectivity index (χ0) is 19.4. The molecule has 1 heterocycles. The largest absolute Gasteiger partial charge is 0.467 e. The van der Waals surface area contributed by atoms with Gasteiger partial charge in [-0.15, -0.1) is 0 Å². The van der Waals surface area contributed by atoms with Crippen molar-refractivity contribution in [3.63, 3.8) is 0 Å². The number of nitrogens with zero attached hydrogens (tertiary/aromatic N) is 2. The number of hydrogen-bond donors (Lipinski definition) is 0. The lowest BCUT2D eigenvalue weighted by molar-refractivity contribution is -0.137. The van der Waals surface area contributed by atoms with Crippen LogP contribution in [0.5, 0.6) is 29.1 Å². The molecule has 0 aliphatic carbocycles. The van der Waals surface area contributed by atoms with Crippen molar-refractivity contribution in [1.29, 1.82) is 0 Å². The summed E-state index contributed by atoms with van der Waals surface area (Å²) in [6.45, 7) is 0. The minimum absolute atomic E-state index is 0.0692. The van der Waals surface area contributed by atoms with Gasteiger partial charge >= 0.3 is 12.2 Å². The first-order chi connectivity index (χ1) is 12.8. The quantitative estimate of drug-likeness (QED) is 0.514. The highest BCUT2D eigenvalue weighted by molar-refractivity contribution is 6.29. The van der Waals surface area contributed by atoms with Crippen molar-refractivity contribution in [2.75, 3.05) is 7.11 Å². The number of benzene rings is 2. The summed E-state index contributed by atoms with van der Waals surface area (Å²) in [5, 5.41) is 0.166. The van der Waals surface area contributed by atoms with Crippen LogP contribution in [0.25, 0.3) is 0 Å². The van der Waals surface area contributed by atoms with Crippen molar-refractivity contribution in [2.24, 2.45) is 0 Å². The molecule has 0 N–H and O–H groups in total. The predicted molar refractivity (Wildman–Crippen MR) is 91.6 cm³/mol. The van der Waals surface area contributed by atoms with Gasteiger partial charge in [0.05, 0.1) is 12.7 Å². The van der Waals surface area contributed by atoms with E-state index in [0.29, 0.717) is 11.5 Å². The summed E-state index contributed by atoms with van der Waals surface area (Å²) in [6, 6.07) is 12.4. The van der Waals surface area contributed by atoms with Crippen LogP contribution in [-0.2, 0) is 6.18 Å². The highest BCUT2D eigenvalue weighted by Crippen LogP contribution is 2.32. The van der Waals surface area contributed by atoms with Gasteiger partial charge in [-0.3, -0.25) is 0 Å². The molecule has 5 nitrogen and oxygen atoms in total. The molecule has 0 aliphatic heterocycles. The Kier molecular flexibility index (Phi) is 5.36. The van der Waals surface area contributed by atoms with Crippen LogP contribution in [0.1, 0.15) is 5.56 Å². The number of halogens is 4. The average molecular weight is 397 g/mol. The maximum Gasteiger partial charge on any atom is 0.416 e. The fourth-order valence-corrected chi connectivity index (χ4v) is 2.23. The van der Waals surface area contributed by atoms with Crippen LogP contribution in [0.2, 0.25) is 5.15 Å². The third kappa shape index (κ3) is 5.01. The molecule has 0 bridgehead atoms. The fraction of sp³-hybridized carbons (Fsp3) is 0.111. The van der Waals surface area contributed by atoms with E-state index in [1.54, 1.807) is 24.3 Å². The number of rotatable bonds is 5. The summed E-state index contributed by atoms with van der Waals surface area (Å²) in [5.74, 6) is 1.36. The lowest BCUT2D eigenvalue weighted by Crippen LogP contribution is -2.03. The van der Waals surface area contributed by atoms with Crippen LogP contribution >= 0.6 is 11.6 Å². The third-order valence-electron chi connectivity index (χ3n) is 3.30. The molecule has 0 radical (unpaired) electrons. The first-order valence-corrected chi connectivity index (χ1v) is 7.93. The first-order valence-electron chi connectivity index (χ1n) is 7.55. The molecule has 0 amide bonds. The van der Waals surface area contributed by atoms with E-state index in [1.165, 1.54) is 25.3 Å². The molecule has 27 heavy (non-hydrogen) atoms. The minimum atomic E-state index is -4.38. The summed E-state index contributed by atoms with van der Waals surface area (Å²) >= 11 is 5.85. The van der Waals surface area contributed by atoms with E-state index >= 15 is 0 Å². The van der Waals surface area contributed by atoms with Crippen LogP contribution in [0.15, 0.2) is 54.6 Å². The Morgan fingerprint density at radius 1 is 0.815 bits per heavy atom. The molecule has 3 aromatic rings. The van der Waals surface area contributed by atoms with Gasteiger partial charge in [-0.1, -0.05) is 11.6 Å². The molecule has 2 aromatic carbocycles. The van der Waals surface area contributed by atoms with E-state index in [2.05, 4.69) is 9.97 Å². The van der Waals surface area contributed by atoms with Gasteiger partial charge in [0.25, 0.3) is 0 Å². The van der Waals surface area contributed by atoms with Gasteiger partial charge in [-0.25, -0.2) is 0 Å².